The second-order valence-electron chi connectivity index (χ2n) is 4.32. The summed E-state index contributed by atoms with van der Waals surface area (Å²) in [6.45, 7) is 2.39. The van der Waals surface area contributed by atoms with Crippen LogP contribution in [-0.4, -0.2) is 5.11 Å². The number of hydrogen-bond acceptors (Lipinski definition) is 3. The lowest BCUT2D eigenvalue weighted by Crippen LogP contribution is -2.02. The van der Waals surface area contributed by atoms with E-state index in [1.54, 1.807) is 6.07 Å². The molecule has 0 fully saturated rings. The van der Waals surface area contributed by atoms with Gasteiger partial charge in [0.25, 0.3) is 0 Å². The molecule has 0 saturated heterocycles. The maximum atomic E-state index is 9.86. The zero-order valence-electron chi connectivity index (χ0n) is 10.4. The largest absolute Gasteiger partial charge is 0.506 e. The predicted molar refractivity (Wildman–Crippen MR) is 81.0 cm³/mol. The standard InChI is InChI=1S/C14H14Cl2N2O/c1-8-4-11(17)2-3-13(8)18-7-9-5-10(15)6-12(16)14(9)19/h2-6,18-19H,7,17H2,1H3. The van der Waals surface area contributed by atoms with Gasteiger partial charge in [-0.1, -0.05) is 23.2 Å². The molecule has 0 saturated carbocycles. The maximum Gasteiger partial charge on any atom is 0.139 e. The summed E-state index contributed by atoms with van der Waals surface area (Å²) in [5.74, 6) is 0.0478. The molecule has 0 spiro atoms. The number of anilines is 2. The van der Waals surface area contributed by atoms with Crippen molar-refractivity contribution in [1.82, 2.24) is 0 Å². The molecule has 100 valence electrons. The SMILES string of the molecule is Cc1cc(N)ccc1NCc1cc(Cl)cc(Cl)c1O. The molecule has 4 N–H and O–H groups in total. The number of rotatable bonds is 3. The molecular formula is C14H14Cl2N2O. The molecule has 2 aromatic carbocycles. The summed E-state index contributed by atoms with van der Waals surface area (Å²) in [6, 6.07) is 8.79. The highest BCUT2D eigenvalue weighted by molar-refractivity contribution is 6.35. The van der Waals surface area contributed by atoms with E-state index in [1.807, 2.05) is 25.1 Å². The molecular weight excluding hydrogens is 283 g/mol. The molecule has 0 amide bonds. The fraction of sp³-hybridized carbons (Fsp3) is 0.143. The molecule has 0 aliphatic heterocycles. The Morgan fingerprint density at radius 1 is 1.21 bits per heavy atom. The lowest BCUT2D eigenvalue weighted by Gasteiger charge is -2.12. The first kappa shape index (κ1) is 13.8. The second kappa shape index (κ2) is 5.59. The Kier molecular flexibility index (Phi) is 4.08. The first-order valence-electron chi connectivity index (χ1n) is 5.74. The third-order valence-corrected chi connectivity index (χ3v) is 3.33. The summed E-state index contributed by atoms with van der Waals surface area (Å²) in [5.41, 5.74) is 9.05. The van der Waals surface area contributed by atoms with Gasteiger partial charge in [0.2, 0.25) is 0 Å². The third kappa shape index (κ3) is 3.25. The summed E-state index contributed by atoms with van der Waals surface area (Å²) < 4.78 is 0. The number of aromatic hydroxyl groups is 1. The van der Waals surface area contributed by atoms with Gasteiger partial charge in [0.15, 0.2) is 0 Å². The summed E-state index contributed by atoms with van der Waals surface area (Å²) >= 11 is 11.8. The average Bonchev–Trinajstić information content (AvgIpc) is 2.33. The third-order valence-electron chi connectivity index (χ3n) is 2.83. The lowest BCUT2D eigenvalue weighted by atomic mass is 10.1. The molecule has 0 aliphatic carbocycles. The second-order valence-corrected chi connectivity index (χ2v) is 5.17. The highest BCUT2D eigenvalue weighted by Crippen LogP contribution is 2.31. The summed E-state index contributed by atoms with van der Waals surface area (Å²) in [5, 5.41) is 13.8. The first-order chi connectivity index (χ1) is 8.97. The van der Waals surface area contributed by atoms with Crippen molar-refractivity contribution in [2.24, 2.45) is 0 Å². The van der Waals surface area contributed by atoms with E-state index < -0.39 is 0 Å². The van der Waals surface area contributed by atoms with Crippen LogP contribution in [0.5, 0.6) is 5.75 Å². The van der Waals surface area contributed by atoms with Crippen molar-refractivity contribution in [3.8, 4) is 5.75 Å². The smallest absolute Gasteiger partial charge is 0.139 e. The molecule has 0 heterocycles. The molecule has 2 aromatic rings. The van der Waals surface area contributed by atoms with Gasteiger partial charge < -0.3 is 16.2 Å². The van der Waals surface area contributed by atoms with Crippen molar-refractivity contribution < 1.29 is 5.11 Å². The molecule has 0 radical (unpaired) electrons. The van der Waals surface area contributed by atoms with Crippen LogP contribution in [0.1, 0.15) is 11.1 Å². The van der Waals surface area contributed by atoms with Gasteiger partial charge in [-0.25, -0.2) is 0 Å². The molecule has 0 aliphatic rings. The number of nitrogens with two attached hydrogens (primary N) is 1. The van der Waals surface area contributed by atoms with Crippen LogP contribution in [0, 0.1) is 6.92 Å². The number of nitrogen functional groups attached to an aromatic ring is 1. The molecule has 0 bridgehead atoms. The van der Waals surface area contributed by atoms with Crippen LogP contribution < -0.4 is 11.1 Å². The number of halogens is 2. The van der Waals surface area contributed by atoms with Gasteiger partial charge in [0, 0.05) is 28.5 Å². The molecule has 2 rings (SSSR count). The number of phenolic OH excluding ortho intramolecular Hbond substituents is 1. The Balaban J connectivity index is 2.19. The van der Waals surface area contributed by atoms with E-state index in [-0.39, 0.29) is 10.8 Å². The van der Waals surface area contributed by atoms with E-state index in [4.69, 9.17) is 28.9 Å². The van der Waals surface area contributed by atoms with E-state index in [9.17, 15) is 5.11 Å². The Hall–Kier alpha value is -1.58. The van der Waals surface area contributed by atoms with E-state index in [0.717, 1.165) is 16.9 Å². The zero-order valence-corrected chi connectivity index (χ0v) is 11.9. The minimum Gasteiger partial charge on any atom is -0.506 e. The lowest BCUT2D eigenvalue weighted by molar-refractivity contribution is 0.469. The normalized spacial score (nSPS) is 10.5. The quantitative estimate of drug-likeness (QED) is 0.744. The number of benzene rings is 2. The number of hydrogen-bond donors (Lipinski definition) is 3. The Labute approximate surface area is 122 Å². The number of nitrogens with one attached hydrogen (secondary N) is 1. The van der Waals surface area contributed by atoms with Crippen LogP contribution in [0.15, 0.2) is 30.3 Å². The topological polar surface area (TPSA) is 58.3 Å². The van der Waals surface area contributed by atoms with Gasteiger partial charge in [0.05, 0.1) is 5.02 Å². The summed E-state index contributed by atoms with van der Waals surface area (Å²) in [6.07, 6.45) is 0. The average molecular weight is 297 g/mol. The van der Waals surface area contributed by atoms with Crippen LogP contribution in [-0.2, 0) is 6.54 Å². The van der Waals surface area contributed by atoms with E-state index in [0.29, 0.717) is 17.1 Å². The number of aryl methyl sites for hydroxylation is 1. The summed E-state index contributed by atoms with van der Waals surface area (Å²) in [4.78, 5) is 0. The molecule has 19 heavy (non-hydrogen) atoms. The fourth-order valence-electron chi connectivity index (χ4n) is 1.83. The van der Waals surface area contributed by atoms with E-state index in [2.05, 4.69) is 5.32 Å². The Bertz CT molecular complexity index is 615. The van der Waals surface area contributed by atoms with Gasteiger partial charge in [-0.15, -0.1) is 0 Å². The van der Waals surface area contributed by atoms with E-state index >= 15 is 0 Å². The van der Waals surface area contributed by atoms with Gasteiger partial charge in [-0.05, 0) is 42.8 Å². The first-order valence-corrected chi connectivity index (χ1v) is 6.50. The van der Waals surface area contributed by atoms with Gasteiger partial charge in [0.1, 0.15) is 5.75 Å². The van der Waals surface area contributed by atoms with Crippen molar-refractivity contribution in [3.05, 3.63) is 51.5 Å². The van der Waals surface area contributed by atoms with Crippen molar-refractivity contribution in [2.75, 3.05) is 11.1 Å². The van der Waals surface area contributed by atoms with Crippen LogP contribution in [0.4, 0.5) is 11.4 Å². The van der Waals surface area contributed by atoms with Crippen LogP contribution in [0.2, 0.25) is 10.0 Å². The van der Waals surface area contributed by atoms with Gasteiger partial charge >= 0.3 is 0 Å². The van der Waals surface area contributed by atoms with Crippen molar-refractivity contribution in [2.45, 2.75) is 13.5 Å². The Morgan fingerprint density at radius 3 is 2.63 bits per heavy atom. The Morgan fingerprint density at radius 2 is 1.95 bits per heavy atom. The van der Waals surface area contributed by atoms with Gasteiger partial charge in [-0.3, -0.25) is 0 Å². The molecule has 0 aromatic heterocycles. The zero-order chi connectivity index (χ0) is 14.0. The molecule has 0 atom stereocenters. The molecule has 5 heteroatoms. The minimum absolute atomic E-state index is 0.0478. The van der Waals surface area contributed by atoms with Crippen LogP contribution in [0.25, 0.3) is 0 Å². The van der Waals surface area contributed by atoms with E-state index in [1.165, 1.54) is 6.07 Å². The van der Waals surface area contributed by atoms with Crippen molar-refractivity contribution in [1.29, 1.82) is 0 Å². The van der Waals surface area contributed by atoms with Crippen molar-refractivity contribution >= 4 is 34.6 Å². The highest BCUT2D eigenvalue weighted by atomic mass is 35.5. The minimum atomic E-state index is 0.0478. The van der Waals surface area contributed by atoms with Crippen molar-refractivity contribution in [3.63, 3.8) is 0 Å². The fourth-order valence-corrected chi connectivity index (χ4v) is 2.37. The van der Waals surface area contributed by atoms with Crippen LogP contribution in [0.3, 0.4) is 0 Å². The predicted octanol–water partition coefficient (Wildman–Crippen LogP) is 4.20. The maximum absolute atomic E-state index is 9.86. The van der Waals surface area contributed by atoms with Gasteiger partial charge in [-0.2, -0.15) is 0 Å². The number of phenols is 1. The monoisotopic (exact) mass is 296 g/mol. The molecule has 0 unspecified atom stereocenters. The highest BCUT2D eigenvalue weighted by Gasteiger charge is 2.08. The molecule has 3 nitrogen and oxygen atoms in total. The van der Waals surface area contributed by atoms with Crippen LogP contribution >= 0.6 is 23.2 Å². The summed E-state index contributed by atoms with van der Waals surface area (Å²) in [7, 11) is 0.